The number of fused-ring (bicyclic) bond motifs is 1. The molecule has 0 radical (unpaired) electrons. The largest absolute Gasteiger partial charge is 0.304 e. The lowest BCUT2D eigenvalue weighted by atomic mass is 10.5. The number of hydrogen-bond donors (Lipinski definition) is 0. The molecule has 0 unspecified atom stereocenters. The Bertz CT molecular complexity index is 390. The molecule has 2 heterocycles. The highest BCUT2D eigenvalue weighted by Gasteiger charge is 1.99. The lowest BCUT2D eigenvalue weighted by molar-refractivity contribution is 1.08. The van der Waals surface area contributed by atoms with Gasteiger partial charge in [0, 0.05) is 18.6 Å². The van der Waals surface area contributed by atoms with Gasteiger partial charge in [0.1, 0.15) is 0 Å². The highest BCUT2D eigenvalue weighted by molar-refractivity contribution is 5.43. The van der Waals surface area contributed by atoms with Gasteiger partial charge in [-0.2, -0.15) is 0 Å². The van der Waals surface area contributed by atoms with Crippen molar-refractivity contribution in [3.8, 4) is 0 Å². The van der Waals surface area contributed by atoms with E-state index in [2.05, 4.69) is 9.97 Å². The van der Waals surface area contributed by atoms with Gasteiger partial charge in [0.25, 0.3) is 0 Å². The van der Waals surface area contributed by atoms with Gasteiger partial charge in [-0.25, -0.2) is 4.98 Å². The molecular formula is C10H15N3. The summed E-state index contributed by atoms with van der Waals surface area (Å²) in [7, 11) is 0. The van der Waals surface area contributed by atoms with Gasteiger partial charge in [-0.1, -0.05) is 13.8 Å². The van der Waals surface area contributed by atoms with E-state index in [0.717, 1.165) is 17.0 Å². The summed E-state index contributed by atoms with van der Waals surface area (Å²) >= 11 is 0. The van der Waals surface area contributed by atoms with E-state index in [1.807, 2.05) is 44.5 Å². The zero-order chi connectivity index (χ0) is 9.84. The van der Waals surface area contributed by atoms with E-state index in [0.29, 0.717) is 0 Å². The van der Waals surface area contributed by atoms with Crippen molar-refractivity contribution >= 4 is 5.65 Å². The molecule has 0 aliphatic carbocycles. The highest BCUT2D eigenvalue weighted by atomic mass is 15.0. The van der Waals surface area contributed by atoms with Crippen LogP contribution in [0.15, 0.2) is 18.6 Å². The molecule has 3 heteroatoms. The average Bonchev–Trinajstić information content (AvgIpc) is 2.51. The topological polar surface area (TPSA) is 30.2 Å². The summed E-state index contributed by atoms with van der Waals surface area (Å²) < 4.78 is 1.98. The van der Waals surface area contributed by atoms with Crippen LogP contribution in [0, 0.1) is 13.8 Å². The molecule has 0 aliphatic heterocycles. The van der Waals surface area contributed by atoms with Gasteiger partial charge in [-0.3, -0.25) is 4.98 Å². The molecule has 2 aromatic rings. The Hall–Kier alpha value is -1.38. The van der Waals surface area contributed by atoms with Crippen LogP contribution >= 0.6 is 0 Å². The minimum atomic E-state index is 0.949. The fraction of sp³-hybridized carbons (Fsp3) is 0.400. The monoisotopic (exact) mass is 177 g/mol. The number of aromatic nitrogens is 3. The quantitative estimate of drug-likeness (QED) is 0.618. The number of rotatable bonds is 0. The van der Waals surface area contributed by atoms with Crippen LogP contribution < -0.4 is 0 Å². The molecule has 2 aromatic heterocycles. The maximum Gasteiger partial charge on any atom is 0.158 e. The Morgan fingerprint density at radius 3 is 2.54 bits per heavy atom. The molecular weight excluding hydrogens is 162 g/mol. The smallest absolute Gasteiger partial charge is 0.158 e. The van der Waals surface area contributed by atoms with E-state index in [1.54, 1.807) is 6.20 Å². The first-order valence-electron chi connectivity index (χ1n) is 4.54. The maximum absolute atomic E-state index is 4.31. The molecule has 0 fully saturated rings. The third-order valence-electron chi connectivity index (χ3n) is 1.67. The summed E-state index contributed by atoms with van der Waals surface area (Å²) in [4.78, 5) is 8.45. The summed E-state index contributed by atoms with van der Waals surface area (Å²) in [6, 6.07) is 0. The van der Waals surface area contributed by atoms with Crippen LogP contribution in [0.4, 0.5) is 0 Å². The number of hydrogen-bond acceptors (Lipinski definition) is 2. The van der Waals surface area contributed by atoms with Gasteiger partial charge < -0.3 is 4.40 Å². The molecule has 2 rings (SSSR count). The second-order valence-corrected chi connectivity index (χ2v) is 2.63. The molecule has 0 amide bonds. The standard InChI is InChI=1S/C8H9N3.C2H6/c1-6-5-11-4-3-9-7(2)8(11)10-6;1-2/h3-5H,1-2H3;1-2H3. The van der Waals surface area contributed by atoms with Gasteiger partial charge in [-0.05, 0) is 13.8 Å². The van der Waals surface area contributed by atoms with Crippen LogP contribution in [0.3, 0.4) is 0 Å². The van der Waals surface area contributed by atoms with Crippen LogP contribution in [0.2, 0.25) is 0 Å². The summed E-state index contributed by atoms with van der Waals surface area (Å²) in [6.45, 7) is 7.94. The molecule has 70 valence electrons. The van der Waals surface area contributed by atoms with Crippen molar-refractivity contribution in [3.05, 3.63) is 30.0 Å². The Morgan fingerprint density at radius 2 is 1.92 bits per heavy atom. The molecule has 0 atom stereocenters. The van der Waals surface area contributed by atoms with E-state index in [1.165, 1.54) is 0 Å². The normalized spacial score (nSPS) is 9.54. The molecule has 13 heavy (non-hydrogen) atoms. The van der Waals surface area contributed by atoms with Gasteiger partial charge in [0.15, 0.2) is 5.65 Å². The minimum Gasteiger partial charge on any atom is -0.304 e. The fourth-order valence-corrected chi connectivity index (χ4v) is 1.17. The van der Waals surface area contributed by atoms with E-state index < -0.39 is 0 Å². The van der Waals surface area contributed by atoms with Crippen LogP contribution in [0.5, 0.6) is 0 Å². The lowest BCUT2D eigenvalue weighted by Gasteiger charge is -1.93. The first-order chi connectivity index (χ1) is 6.27. The number of aryl methyl sites for hydroxylation is 2. The van der Waals surface area contributed by atoms with Crippen LogP contribution in [-0.4, -0.2) is 14.4 Å². The summed E-state index contributed by atoms with van der Waals surface area (Å²) in [5.74, 6) is 0. The van der Waals surface area contributed by atoms with Crippen LogP contribution in [0.1, 0.15) is 25.2 Å². The van der Waals surface area contributed by atoms with E-state index in [-0.39, 0.29) is 0 Å². The molecule has 0 saturated carbocycles. The third kappa shape index (κ3) is 1.86. The summed E-state index contributed by atoms with van der Waals surface area (Å²) in [5.41, 5.74) is 2.95. The van der Waals surface area contributed by atoms with E-state index >= 15 is 0 Å². The SMILES string of the molecule is CC.Cc1cn2ccnc(C)c2n1. The van der Waals surface area contributed by atoms with Crippen molar-refractivity contribution in [3.63, 3.8) is 0 Å². The highest BCUT2D eigenvalue weighted by Crippen LogP contribution is 2.05. The van der Waals surface area contributed by atoms with Crippen LogP contribution in [-0.2, 0) is 0 Å². The Kier molecular flexibility index (Phi) is 3.01. The Morgan fingerprint density at radius 1 is 1.23 bits per heavy atom. The van der Waals surface area contributed by atoms with E-state index in [9.17, 15) is 0 Å². The predicted octanol–water partition coefficient (Wildman–Crippen LogP) is 2.37. The summed E-state index contributed by atoms with van der Waals surface area (Å²) in [5, 5.41) is 0. The van der Waals surface area contributed by atoms with Gasteiger partial charge in [0.05, 0.1) is 11.4 Å². The van der Waals surface area contributed by atoms with Gasteiger partial charge in [-0.15, -0.1) is 0 Å². The first kappa shape index (κ1) is 9.71. The molecule has 0 spiro atoms. The maximum atomic E-state index is 4.31. The van der Waals surface area contributed by atoms with Crippen LogP contribution in [0.25, 0.3) is 5.65 Å². The molecule has 0 N–H and O–H groups in total. The molecule has 0 aliphatic rings. The third-order valence-corrected chi connectivity index (χ3v) is 1.67. The number of imidazole rings is 1. The van der Waals surface area contributed by atoms with E-state index in [4.69, 9.17) is 0 Å². The van der Waals surface area contributed by atoms with Crippen molar-refractivity contribution in [1.29, 1.82) is 0 Å². The Labute approximate surface area is 78.5 Å². The van der Waals surface area contributed by atoms with Crippen molar-refractivity contribution < 1.29 is 0 Å². The number of nitrogens with zero attached hydrogens (tertiary/aromatic N) is 3. The molecule has 3 nitrogen and oxygen atoms in total. The average molecular weight is 177 g/mol. The van der Waals surface area contributed by atoms with Crippen molar-refractivity contribution in [1.82, 2.24) is 14.4 Å². The first-order valence-corrected chi connectivity index (χ1v) is 4.54. The van der Waals surface area contributed by atoms with Gasteiger partial charge >= 0.3 is 0 Å². The minimum absolute atomic E-state index is 0.949. The Balaban J connectivity index is 0.000000396. The molecule has 0 aromatic carbocycles. The zero-order valence-corrected chi connectivity index (χ0v) is 8.57. The second kappa shape index (κ2) is 4.03. The fourth-order valence-electron chi connectivity index (χ4n) is 1.17. The van der Waals surface area contributed by atoms with Crippen molar-refractivity contribution in [2.24, 2.45) is 0 Å². The molecule has 0 bridgehead atoms. The van der Waals surface area contributed by atoms with Gasteiger partial charge in [0.2, 0.25) is 0 Å². The van der Waals surface area contributed by atoms with Crippen molar-refractivity contribution in [2.45, 2.75) is 27.7 Å². The molecule has 0 saturated heterocycles. The summed E-state index contributed by atoms with van der Waals surface area (Å²) in [6.07, 6.45) is 5.68. The lowest BCUT2D eigenvalue weighted by Crippen LogP contribution is -1.88. The predicted molar refractivity (Wildman–Crippen MR) is 53.8 cm³/mol. The van der Waals surface area contributed by atoms with Crippen molar-refractivity contribution in [2.75, 3.05) is 0 Å². The second-order valence-electron chi connectivity index (χ2n) is 2.63. The zero-order valence-electron chi connectivity index (χ0n) is 8.57.